The highest BCUT2D eigenvalue weighted by Gasteiger charge is 2.14. The molecule has 0 spiro atoms. The maximum Gasteiger partial charge on any atom is 0.314 e. The summed E-state index contributed by atoms with van der Waals surface area (Å²) in [6.45, 7) is 6.98. The Morgan fingerprint density at radius 1 is 1.24 bits per heavy atom. The fourth-order valence-electron chi connectivity index (χ4n) is 0.939. The van der Waals surface area contributed by atoms with Gasteiger partial charge in [-0.05, 0) is 20.3 Å². The van der Waals surface area contributed by atoms with Crippen LogP contribution in [0.1, 0.15) is 33.6 Å². The van der Waals surface area contributed by atoms with Crippen molar-refractivity contribution in [1.29, 1.82) is 0 Å². The molecule has 0 rings (SSSR count). The number of aliphatic carboxylic acids is 1. The van der Waals surface area contributed by atoms with Gasteiger partial charge < -0.3 is 20.5 Å². The summed E-state index contributed by atoms with van der Waals surface area (Å²) in [6.07, 6.45) is 0.824. The van der Waals surface area contributed by atoms with Crippen LogP contribution in [0, 0.1) is 0 Å². The summed E-state index contributed by atoms with van der Waals surface area (Å²) in [5.74, 6) is -0.932. The van der Waals surface area contributed by atoms with Gasteiger partial charge in [0.05, 0.1) is 18.6 Å². The molecule has 0 unspecified atom stereocenters. The van der Waals surface area contributed by atoms with Gasteiger partial charge in [-0.3, -0.25) is 4.79 Å². The van der Waals surface area contributed by atoms with Gasteiger partial charge in [0.2, 0.25) is 0 Å². The average molecular weight is 246 g/mol. The van der Waals surface area contributed by atoms with Crippen LogP contribution in [-0.4, -0.2) is 42.4 Å². The van der Waals surface area contributed by atoms with E-state index in [1.165, 1.54) is 0 Å². The van der Waals surface area contributed by atoms with Crippen molar-refractivity contribution in [3.63, 3.8) is 0 Å². The minimum absolute atomic E-state index is 0.0766. The number of carboxylic acids is 1. The summed E-state index contributed by atoms with van der Waals surface area (Å²) in [5.41, 5.74) is -0.179. The molecule has 0 aliphatic carbocycles. The number of hydrogen-bond donors (Lipinski definition) is 3. The maximum atomic E-state index is 11.1. The molecule has 6 nitrogen and oxygen atoms in total. The Labute approximate surface area is 102 Å². The lowest BCUT2D eigenvalue weighted by Crippen LogP contribution is -2.39. The third-order valence-corrected chi connectivity index (χ3v) is 2.36. The van der Waals surface area contributed by atoms with Gasteiger partial charge in [-0.15, -0.1) is 0 Å². The van der Waals surface area contributed by atoms with Crippen LogP contribution in [0.3, 0.4) is 0 Å². The highest BCUT2D eigenvalue weighted by atomic mass is 16.5. The molecule has 0 heterocycles. The number of urea groups is 1. The van der Waals surface area contributed by atoms with Crippen LogP contribution in [0.2, 0.25) is 0 Å². The molecule has 6 heteroatoms. The number of amides is 2. The van der Waals surface area contributed by atoms with Gasteiger partial charge in [0.1, 0.15) is 0 Å². The van der Waals surface area contributed by atoms with Crippen molar-refractivity contribution in [2.24, 2.45) is 0 Å². The Bertz CT molecular complexity index is 254. The van der Waals surface area contributed by atoms with Crippen molar-refractivity contribution in [3.05, 3.63) is 0 Å². The first-order valence-electron chi connectivity index (χ1n) is 5.75. The average Bonchev–Trinajstić information content (AvgIpc) is 2.24. The Morgan fingerprint density at radius 2 is 1.82 bits per heavy atom. The molecule has 0 fully saturated rings. The van der Waals surface area contributed by atoms with E-state index in [9.17, 15) is 9.59 Å². The van der Waals surface area contributed by atoms with E-state index in [2.05, 4.69) is 10.6 Å². The molecule has 0 aliphatic heterocycles. The second-order valence-electron chi connectivity index (χ2n) is 4.29. The van der Waals surface area contributed by atoms with Crippen LogP contribution in [0.25, 0.3) is 0 Å². The minimum Gasteiger partial charge on any atom is -0.481 e. The van der Waals surface area contributed by atoms with Crippen LogP contribution in [-0.2, 0) is 9.53 Å². The summed E-state index contributed by atoms with van der Waals surface area (Å²) in [4.78, 5) is 21.3. The van der Waals surface area contributed by atoms with Crippen LogP contribution in [0.4, 0.5) is 4.79 Å². The molecule has 0 bridgehead atoms. The summed E-state index contributed by atoms with van der Waals surface area (Å²) in [6, 6.07) is -0.371. The van der Waals surface area contributed by atoms with Crippen LogP contribution >= 0.6 is 0 Å². The number of rotatable bonds is 8. The number of carbonyl (C=O) groups is 2. The SMILES string of the molecule is CCC(C)(C)OCCNC(=O)NCCC(=O)O. The van der Waals surface area contributed by atoms with E-state index in [1.807, 2.05) is 20.8 Å². The zero-order valence-corrected chi connectivity index (χ0v) is 10.7. The zero-order valence-electron chi connectivity index (χ0n) is 10.7. The van der Waals surface area contributed by atoms with E-state index in [0.717, 1.165) is 6.42 Å². The predicted octanol–water partition coefficient (Wildman–Crippen LogP) is 0.965. The molecule has 0 atom stereocenters. The molecule has 2 amide bonds. The Hall–Kier alpha value is -1.30. The molecule has 0 radical (unpaired) electrons. The molecule has 0 aliphatic rings. The third-order valence-electron chi connectivity index (χ3n) is 2.36. The Balaban J connectivity index is 3.49. The number of carboxylic acid groups (broad SMARTS) is 1. The van der Waals surface area contributed by atoms with Crippen LogP contribution in [0.5, 0.6) is 0 Å². The lowest BCUT2D eigenvalue weighted by Gasteiger charge is -2.23. The van der Waals surface area contributed by atoms with E-state index in [0.29, 0.717) is 13.2 Å². The maximum absolute atomic E-state index is 11.1. The normalized spacial score (nSPS) is 11.0. The number of nitrogens with one attached hydrogen (secondary N) is 2. The van der Waals surface area contributed by atoms with Crippen molar-refractivity contribution in [2.45, 2.75) is 39.2 Å². The zero-order chi connectivity index (χ0) is 13.3. The van der Waals surface area contributed by atoms with Crippen LogP contribution < -0.4 is 10.6 Å². The fraction of sp³-hybridized carbons (Fsp3) is 0.818. The number of ether oxygens (including phenoxy) is 1. The lowest BCUT2D eigenvalue weighted by molar-refractivity contribution is -0.136. The van der Waals surface area contributed by atoms with E-state index in [4.69, 9.17) is 9.84 Å². The Kier molecular flexibility index (Phi) is 7.29. The van der Waals surface area contributed by atoms with Gasteiger partial charge in [-0.2, -0.15) is 0 Å². The first-order valence-corrected chi connectivity index (χ1v) is 5.75. The van der Waals surface area contributed by atoms with Crippen molar-refractivity contribution >= 4 is 12.0 Å². The third kappa shape index (κ3) is 9.62. The lowest BCUT2D eigenvalue weighted by atomic mass is 10.1. The summed E-state index contributed by atoms with van der Waals surface area (Å²) in [5, 5.41) is 13.4. The fourth-order valence-corrected chi connectivity index (χ4v) is 0.939. The quantitative estimate of drug-likeness (QED) is 0.557. The topological polar surface area (TPSA) is 87.7 Å². The molecular weight excluding hydrogens is 224 g/mol. The monoisotopic (exact) mass is 246 g/mol. The second kappa shape index (κ2) is 7.89. The van der Waals surface area contributed by atoms with E-state index in [-0.39, 0.29) is 24.6 Å². The summed E-state index contributed by atoms with van der Waals surface area (Å²) < 4.78 is 5.54. The molecular formula is C11H22N2O4. The van der Waals surface area contributed by atoms with Gasteiger partial charge >= 0.3 is 12.0 Å². The van der Waals surface area contributed by atoms with Crippen LogP contribution in [0.15, 0.2) is 0 Å². The molecule has 17 heavy (non-hydrogen) atoms. The second-order valence-corrected chi connectivity index (χ2v) is 4.29. The first kappa shape index (κ1) is 15.7. The largest absolute Gasteiger partial charge is 0.481 e. The molecule has 0 aromatic carbocycles. The smallest absolute Gasteiger partial charge is 0.314 e. The first-order chi connectivity index (χ1) is 7.87. The van der Waals surface area contributed by atoms with E-state index >= 15 is 0 Å². The van der Waals surface area contributed by atoms with Gasteiger partial charge in [0, 0.05) is 13.1 Å². The van der Waals surface area contributed by atoms with Gasteiger partial charge in [0.25, 0.3) is 0 Å². The minimum atomic E-state index is -0.932. The van der Waals surface area contributed by atoms with Crippen molar-refractivity contribution in [1.82, 2.24) is 10.6 Å². The number of hydrogen-bond acceptors (Lipinski definition) is 3. The molecule has 0 aromatic heterocycles. The van der Waals surface area contributed by atoms with Gasteiger partial charge in [0.15, 0.2) is 0 Å². The molecule has 100 valence electrons. The van der Waals surface area contributed by atoms with Crippen molar-refractivity contribution in [3.8, 4) is 0 Å². The van der Waals surface area contributed by atoms with Gasteiger partial charge in [-0.1, -0.05) is 6.92 Å². The van der Waals surface area contributed by atoms with Crippen molar-refractivity contribution in [2.75, 3.05) is 19.7 Å². The predicted molar refractivity (Wildman–Crippen MR) is 64.0 cm³/mol. The molecule has 0 saturated carbocycles. The highest BCUT2D eigenvalue weighted by molar-refractivity contribution is 5.74. The summed E-state index contributed by atoms with van der Waals surface area (Å²) >= 11 is 0. The van der Waals surface area contributed by atoms with Gasteiger partial charge in [-0.25, -0.2) is 4.79 Å². The number of carbonyl (C=O) groups excluding carboxylic acids is 1. The Morgan fingerprint density at radius 3 is 2.35 bits per heavy atom. The summed E-state index contributed by atoms with van der Waals surface area (Å²) in [7, 11) is 0. The molecule has 0 aromatic rings. The standard InChI is InChI=1S/C11H22N2O4/c1-4-11(2,3)17-8-7-13-10(16)12-6-5-9(14)15/h4-8H2,1-3H3,(H,14,15)(H2,12,13,16). The highest BCUT2D eigenvalue weighted by Crippen LogP contribution is 2.12. The van der Waals surface area contributed by atoms with E-state index < -0.39 is 5.97 Å². The molecule has 3 N–H and O–H groups in total. The molecule has 0 saturated heterocycles. The van der Waals surface area contributed by atoms with E-state index in [1.54, 1.807) is 0 Å². The van der Waals surface area contributed by atoms with Crippen molar-refractivity contribution < 1.29 is 19.4 Å².